The van der Waals surface area contributed by atoms with Crippen molar-refractivity contribution in [3.05, 3.63) is 84.2 Å². The molecule has 3 aromatic rings. The minimum atomic E-state index is -0.149. The van der Waals surface area contributed by atoms with E-state index in [1.807, 2.05) is 53.4 Å². The number of anilines is 2. The second kappa shape index (κ2) is 8.94. The first-order valence-electron chi connectivity index (χ1n) is 9.10. The Morgan fingerprint density at radius 1 is 0.963 bits per heavy atom. The van der Waals surface area contributed by atoms with E-state index in [-0.39, 0.29) is 5.91 Å². The number of amides is 1. The van der Waals surface area contributed by atoms with Crippen LogP contribution in [-0.4, -0.2) is 22.4 Å². The van der Waals surface area contributed by atoms with Crippen molar-refractivity contribution in [2.24, 2.45) is 5.92 Å². The fourth-order valence-electron chi connectivity index (χ4n) is 2.63. The van der Waals surface area contributed by atoms with Crippen LogP contribution < -0.4 is 10.2 Å². The molecule has 2 aromatic carbocycles. The summed E-state index contributed by atoms with van der Waals surface area (Å²) in [5.74, 6) is 0.809. The number of carbonyl (C=O) groups excluding carboxylic acids is 1. The zero-order valence-electron chi connectivity index (χ0n) is 15.7. The van der Waals surface area contributed by atoms with Gasteiger partial charge in [-0.2, -0.15) is 0 Å². The molecule has 0 unspecified atom stereocenters. The van der Waals surface area contributed by atoms with Crippen molar-refractivity contribution >= 4 is 17.5 Å². The highest BCUT2D eigenvalue weighted by Crippen LogP contribution is 2.24. The molecule has 0 bridgehead atoms. The number of hydrogen-bond donors (Lipinski definition) is 1. The quantitative estimate of drug-likeness (QED) is 0.686. The molecule has 0 aliphatic rings. The third kappa shape index (κ3) is 5.14. The van der Waals surface area contributed by atoms with Gasteiger partial charge in [-0.15, -0.1) is 0 Å². The number of rotatable bonds is 7. The minimum absolute atomic E-state index is 0.149. The standard InChI is InChI=1S/C22H24N4O/c1-17(2)13-23-21(27)19-14-24-22(25-15-19)26(20-11-7-4-8-12-20)16-18-9-5-3-6-10-18/h3-12,14-15,17H,13,16H2,1-2H3,(H,23,27). The summed E-state index contributed by atoms with van der Waals surface area (Å²) < 4.78 is 0. The summed E-state index contributed by atoms with van der Waals surface area (Å²) in [6.45, 7) is 5.39. The van der Waals surface area contributed by atoms with E-state index in [2.05, 4.69) is 41.3 Å². The second-order valence-corrected chi connectivity index (χ2v) is 6.78. The van der Waals surface area contributed by atoms with Crippen LogP contribution in [0.2, 0.25) is 0 Å². The second-order valence-electron chi connectivity index (χ2n) is 6.78. The van der Waals surface area contributed by atoms with Crippen LogP contribution in [0, 0.1) is 5.92 Å². The van der Waals surface area contributed by atoms with Gasteiger partial charge in [-0.25, -0.2) is 9.97 Å². The summed E-state index contributed by atoms with van der Waals surface area (Å²) in [6, 6.07) is 20.2. The van der Waals surface area contributed by atoms with Gasteiger partial charge in [0.15, 0.2) is 0 Å². The van der Waals surface area contributed by atoms with Crippen LogP contribution in [0.15, 0.2) is 73.1 Å². The maximum Gasteiger partial charge on any atom is 0.254 e. The highest BCUT2D eigenvalue weighted by Gasteiger charge is 2.14. The van der Waals surface area contributed by atoms with Gasteiger partial charge in [0.05, 0.1) is 12.1 Å². The molecule has 27 heavy (non-hydrogen) atoms. The number of hydrogen-bond acceptors (Lipinski definition) is 4. The lowest BCUT2D eigenvalue weighted by Crippen LogP contribution is -2.28. The van der Waals surface area contributed by atoms with Crippen molar-refractivity contribution in [3.63, 3.8) is 0 Å². The molecule has 5 heteroatoms. The average molecular weight is 360 g/mol. The van der Waals surface area contributed by atoms with Crippen molar-refractivity contribution in [2.45, 2.75) is 20.4 Å². The van der Waals surface area contributed by atoms with Gasteiger partial charge in [-0.1, -0.05) is 62.4 Å². The zero-order valence-corrected chi connectivity index (χ0v) is 15.7. The monoisotopic (exact) mass is 360 g/mol. The molecule has 3 rings (SSSR count). The summed E-state index contributed by atoms with van der Waals surface area (Å²) in [4.78, 5) is 23.1. The molecule has 0 saturated heterocycles. The first-order valence-corrected chi connectivity index (χ1v) is 9.10. The molecule has 0 aliphatic carbocycles. The molecule has 0 saturated carbocycles. The topological polar surface area (TPSA) is 58.1 Å². The molecule has 1 aromatic heterocycles. The Labute approximate surface area is 160 Å². The molecule has 1 amide bonds. The van der Waals surface area contributed by atoms with Crippen molar-refractivity contribution in [1.82, 2.24) is 15.3 Å². The molecule has 0 aliphatic heterocycles. The Kier molecular flexibility index (Phi) is 6.15. The normalized spacial score (nSPS) is 10.6. The van der Waals surface area contributed by atoms with Crippen LogP contribution in [0.3, 0.4) is 0 Å². The summed E-state index contributed by atoms with van der Waals surface area (Å²) >= 11 is 0. The Balaban J connectivity index is 1.83. The minimum Gasteiger partial charge on any atom is -0.352 e. The van der Waals surface area contributed by atoms with E-state index < -0.39 is 0 Å². The van der Waals surface area contributed by atoms with E-state index in [0.29, 0.717) is 30.5 Å². The number of nitrogens with zero attached hydrogens (tertiary/aromatic N) is 3. The first kappa shape index (κ1) is 18.6. The van der Waals surface area contributed by atoms with Gasteiger partial charge in [-0.05, 0) is 23.6 Å². The molecule has 0 fully saturated rings. The first-order chi connectivity index (χ1) is 13.1. The number of aromatic nitrogens is 2. The van der Waals surface area contributed by atoms with Crippen molar-refractivity contribution in [2.75, 3.05) is 11.4 Å². The van der Waals surface area contributed by atoms with Crippen LogP contribution in [0.5, 0.6) is 0 Å². The van der Waals surface area contributed by atoms with Gasteiger partial charge in [0.25, 0.3) is 5.91 Å². The predicted molar refractivity (Wildman–Crippen MR) is 108 cm³/mol. The number of carbonyl (C=O) groups is 1. The van der Waals surface area contributed by atoms with Crippen LogP contribution in [0.1, 0.15) is 29.8 Å². The van der Waals surface area contributed by atoms with Crippen LogP contribution in [0.4, 0.5) is 11.6 Å². The SMILES string of the molecule is CC(C)CNC(=O)c1cnc(N(Cc2ccccc2)c2ccccc2)nc1. The number of para-hydroxylation sites is 1. The molecule has 5 nitrogen and oxygen atoms in total. The van der Waals surface area contributed by atoms with E-state index >= 15 is 0 Å². The molecule has 0 spiro atoms. The van der Waals surface area contributed by atoms with Crippen LogP contribution >= 0.6 is 0 Å². The smallest absolute Gasteiger partial charge is 0.254 e. The van der Waals surface area contributed by atoms with E-state index in [9.17, 15) is 4.79 Å². The Morgan fingerprint density at radius 2 is 1.56 bits per heavy atom. The lowest BCUT2D eigenvalue weighted by atomic mass is 10.2. The molecular formula is C22H24N4O. The van der Waals surface area contributed by atoms with Crippen molar-refractivity contribution < 1.29 is 4.79 Å². The van der Waals surface area contributed by atoms with Gasteiger partial charge >= 0.3 is 0 Å². The van der Waals surface area contributed by atoms with Gasteiger partial charge in [0.2, 0.25) is 5.95 Å². The third-order valence-corrected chi connectivity index (χ3v) is 4.06. The fourth-order valence-corrected chi connectivity index (χ4v) is 2.63. The highest BCUT2D eigenvalue weighted by atomic mass is 16.1. The molecular weight excluding hydrogens is 336 g/mol. The van der Waals surface area contributed by atoms with E-state index in [4.69, 9.17) is 0 Å². The number of benzene rings is 2. The van der Waals surface area contributed by atoms with E-state index in [1.165, 1.54) is 0 Å². The average Bonchev–Trinajstić information content (AvgIpc) is 2.72. The maximum atomic E-state index is 12.2. The molecule has 138 valence electrons. The van der Waals surface area contributed by atoms with Crippen molar-refractivity contribution in [1.29, 1.82) is 0 Å². The van der Waals surface area contributed by atoms with Crippen LogP contribution in [0.25, 0.3) is 0 Å². The zero-order chi connectivity index (χ0) is 19.1. The van der Waals surface area contributed by atoms with Gasteiger partial charge in [-0.3, -0.25) is 4.79 Å². The largest absolute Gasteiger partial charge is 0.352 e. The Hall–Kier alpha value is -3.21. The lowest BCUT2D eigenvalue weighted by Gasteiger charge is -2.23. The molecule has 0 radical (unpaired) electrons. The lowest BCUT2D eigenvalue weighted by molar-refractivity contribution is 0.0948. The molecule has 0 atom stereocenters. The van der Waals surface area contributed by atoms with Crippen molar-refractivity contribution in [3.8, 4) is 0 Å². The number of nitrogens with one attached hydrogen (secondary N) is 1. The van der Waals surface area contributed by atoms with E-state index in [1.54, 1.807) is 12.4 Å². The summed E-state index contributed by atoms with van der Waals surface area (Å²) in [6.07, 6.45) is 3.16. The van der Waals surface area contributed by atoms with Gasteiger partial charge in [0.1, 0.15) is 0 Å². The van der Waals surface area contributed by atoms with Gasteiger partial charge in [0, 0.05) is 24.6 Å². The van der Waals surface area contributed by atoms with E-state index in [0.717, 1.165) is 11.3 Å². The fraction of sp³-hybridized carbons (Fsp3) is 0.227. The summed E-state index contributed by atoms with van der Waals surface area (Å²) in [7, 11) is 0. The summed E-state index contributed by atoms with van der Waals surface area (Å²) in [5, 5.41) is 2.89. The Bertz CT molecular complexity index is 849. The molecule has 1 heterocycles. The third-order valence-electron chi connectivity index (χ3n) is 4.06. The van der Waals surface area contributed by atoms with Crippen LogP contribution in [-0.2, 0) is 6.54 Å². The highest BCUT2D eigenvalue weighted by molar-refractivity contribution is 5.93. The maximum absolute atomic E-state index is 12.2. The van der Waals surface area contributed by atoms with Gasteiger partial charge < -0.3 is 10.2 Å². The Morgan fingerprint density at radius 3 is 2.15 bits per heavy atom. The molecule has 1 N–H and O–H groups in total. The predicted octanol–water partition coefficient (Wildman–Crippen LogP) is 4.20. The summed E-state index contributed by atoms with van der Waals surface area (Å²) in [5.41, 5.74) is 2.62.